The lowest BCUT2D eigenvalue weighted by Gasteiger charge is -2.14. The summed E-state index contributed by atoms with van der Waals surface area (Å²) in [7, 11) is 0. The van der Waals surface area contributed by atoms with Crippen molar-refractivity contribution in [3.8, 4) is 0 Å². The zero-order valence-electron chi connectivity index (χ0n) is 8.67. The molecule has 0 amide bonds. The second-order valence-corrected chi connectivity index (χ2v) is 4.60. The maximum atomic E-state index is 12.2. The number of rotatable bonds is 4. The van der Waals surface area contributed by atoms with Gasteiger partial charge < -0.3 is 5.11 Å². The van der Waals surface area contributed by atoms with Crippen LogP contribution in [0, 0.1) is 5.92 Å². The van der Waals surface area contributed by atoms with Crippen LogP contribution in [0.25, 0.3) is 0 Å². The third-order valence-electron chi connectivity index (χ3n) is 2.20. The minimum absolute atomic E-state index is 0.131. The number of halogens is 4. The average Bonchev–Trinajstić information content (AvgIpc) is 2.14. The minimum Gasteiger partial charge on any atom is -0.481 e. The van der Waals surface area contributed by atoms with Crippen LogP contribution in [0.15, 0.2) is 28.7 Å². The van der Waals surface area contributed by atoms with Gasteiger partial charge in [0.2, 0.25) is 0 Å². The fourth-order valence-corrected chi connectivity index (χ4v) is 1.92. The van der Waals surface area contributed by atoms with Crippen molar-refractivity contribution in [2.45, 2.75) is 19.0 Å². The van der Waals surface area contributed by atoms with E-state index in [-0.39, 0.29) is 6.42 Å². The number of hydrogen-bond donors (Lipinski definition) is 1. The van der Waals surface area contributed by atoms with E-state index in [0.29, 0.717) is 10.0 Å². The van der Waals surface area contributed by atoms with Crippen molar-refractivity contribution in [2.24, 2.45) is 5.92 Å². The van der Waals surface area contributed by atoms with Crippen LogP contribution in [0.4, 0.5) is 13.2 Å². The number of carbonyl (C=O) groups is 1. The standard InChI is InChI=1S/C11H10BrF3O2/c12-9-3-1-2-7(5-9)4-8(10(16)17)6-11(13,14)15/h1-3,5,8H,4,6H2,(H,16,17). The van der Waals surface area contributed by atoms with Gasteiger partial charge in [-0.05, 0) is 24.1 Å². The molecule has 1 aromatic carbocycles. The molecule has 0 aliphatic rings. The van der Waals surface area contributed by atoms with E-state index in [9.17, 15) is 18.0 Å². The molecule has 17 heavy (non-hydrogen) atoms. The van der Waals surface area contributed by atoms with Crippen molar-refractivity contribution in [1.82, 2.24) is 0 Å². The highest BCUT2D eigenvalue weighted by Gasteiger charge is 2.35. The second-order valence-electron chi connectivity index (χ2n) is 3.69. The molecule has 1 aromatic rings. The molecule has 0 spiro atoms. The van der Waals surface area contributed by atoms with E-state index in [4.69, 9.17) is 5.11 Å². The highest BCUT2D eigenvalue weighted by atomic mass is 79.9. The summed E-state index contributed by atoms with van der Waals surface area (Å²) in [4.78, 5) is 10.8. The molecule has 1 atom stereocenters. The highest BCUT2D eigenvalue weighted by molar-refractivity contribution is 9.10. The van der Waals surface area contributed by atoms with E-state index in [1.165, 1.54) is 0 Å². The van der Waals surface area contributed by atoms with Gasteiger partial charge in [-0.2, -0.15) is 13.2 Å². The number of aliphatic carboxylic acids is 1. The van der Waals surface area contributed by atoms with E-state index in [1.54, 1.807) is 24.3 Å². The lowest BCUT2D eigenvalue weighted by Crippen LogP contribution is -2.24. The Hall–Kier alpha value is -1.04. The van der Waals surface area contributed by atoms with Crippen LogP contribution in [-0.2, 0) is 11.2 Å². The predicted molar refractivity (Wildman–Crippen MR) is 59.6 cm³/mol. The molecule has 0 fully saturated rings. The van der Waals surface area contributed by atoms with Gasteiger partial charge in [0, 0.05) is 4.47 Å². The van der Waals surface area contributed by atoms with E-state index in [0.717, 1.165) is 0 Å². The first-order chi connectivity index (χ1) is 7.78. The Labute approximate surface area is 105 Å². The van der Waals surface area contributed by atoms with Gasteiger partial charge in [-0.1, -0.05) is 28.1 Å². The SMILES string of the molecule is O=C(O)C(Cc1cccc(Br)c1)CC(F)(F)F. The summed E-state index contributed by atoms with van der Waals surface area (Å²) < 4.78 is 37.2. The second kappa shape index (κ2) is 5.53. The quantitative estimate of drug-likeness (QED) is 0.921. The molecule has 6 heteroatoms. The van der Waals surface area contributed by atoms with Crippen molar-refractivity contribution in [3.63, 3.8) is 0 Å². The van der Waals surface area contributed by atoms with Gasteiger partial charge in [0.1, 0.15) is 0 Å². The van der Waals surface area contributed by atoms with Gasteiger partial charge in [0.15, 0.2) is 0 Å². The van der Waals surface area contributed by atoms with E-state index in [1.807, 2.05) is 0 Å². The molecule has 0 radical (unpaired) electrons. The van der Waals surface area contributed by atoms with Crippen molar-refractivity contribution in [3.05, 3.63) is 34.3 Å². The third kappa shape index (κ3) is 5.21. The first-order valence-corrected chi connectivity index (χ1v) is 5.61. The molecule has 94 valence electrons. The molecule has 0 saturated heterocycles. The molecule has 1 N–H and O–H groups in total. The molecular formula is C11H10BrF3O2. The summed E-state index contributed by atoms with van der Waals surface area (Å²) >= 11 is 3.18. The number of carboxylic acids is 1. The molecule has 1 unspecified atom stereocenters. The monoisotopic (exact) mass is 310 g/mol. The highest BCUT2D eigenvalue weighted by Crippen LogP contribution is 2.27. The fraction of sp³-hybridized carbons (Fsp3) is 0.364. The average molecular weight is 311 g/mol. The zero-order valence-corrected chi connectivity index (χ0v) is 10.3. The zero-order chi connectivity index (χ0) is 13.1. The molecule has 1 rings (SSSR count). The summed E-state index contributed by atoms with van der Waals surface area (Å²) in [6.07, 6.45) is -5.90. The van der Waals surface area contributed by atoms with E-state index in [2.05, 4.69) is 15.9 Å². The van der Waals surface area contributed by atoms with Gasteiger partial charge >= 0.3 is 12.1 Å². The fourth-order valence-electron chi connectivity index (χ4n) is 1.47. The van der Waals surface area contributed by atoms with Crippen LogP contribution >= 0.6 is 15.9 Å². The molecule has 0 aliphatic heterocycles. The summed E-state index contributed by atoms with van der Waals surface area (Å²) in [5, 5.41) is 8.76. The molecule has 2 nitrogen and oxygen atoms in total. The first kappa shape index (κ1) is 14.0. The number of carboxylic acid groups (broad SMARTS) is 1. The van der Waals surface area contributed by atoms with Crippen molar-refractivity contribution in [1.29, 1.82) is 0 Å². The Bertz CT molecular complexity index is 404. The summed E-state index contributed by atoms with van der Waals surface area (Å²) in [6, 6.07) is 6.61. The van der Waals surface area contributed by atoms with E-state index < -0.39 is 24.5 Å². The van der Waals surface area contributed by atoms with Gasteiger partial charge in [-0.15, -0.1) is 0 Å². The van der Waals surface area contributed by atoms with Gasteiger partial charge in [-0.3, -0.25) is 4.79 Å². The number of hydrogen-bond acceptors (Lipinski definition) is 1. The van der Waals surface area contributed by atoms with Crippen LogP contribution in [-0.4, -0.2) is 17.3 Å². The lowest BCUT2D eigenvalue weighted by molar-refractivity contribution is -0.163. The molecule has 0 heterocycles. The molecule has 0 saturated carbocycles. The summed E-state index contributed by atoms with van der Waals surface area (Å²) in [5.41, 5.74) is 0.566. The van der Waals surface area contributed by atoms with Crippen LogP contribution in [0.3, 0.4) is 0 Å². The summed E-state index contributed by atoms with van der Waals surface area (Å²) in [6.45, 7) is 0. The van der Waals surface area contributed by atoms with Crippen molar-refractivity contribution < 1.29 is 23.1 Å². The van der Waals surface area contributed by atoms with Gasteiger partial charge in [0.05, 0.1) is 12.3 Å². The maximum Gasteiger partial charge on any atom is 0.389 e. The number of alkyl halides is 3. The van der Waals surface area contributed by atoms with Crippen LogP contribution in [0.2, 0.25) is 0 Å². The van der Waals surface area contributed by atoms with Crippen molar-refractivity contribution >= 4 is 21.9 Å². The van der Waals surface area contributed by atoms with E-state index >= 15 is 0 Å². The maximum absolute atomic E-state index is 12.2. The smallest absolute Gasteiger partial charge is 0.389 e. The summed E-state index contributed by atoms with van der Waals surface area (Å²) in [5.74, 6) is -2.87. The van der Waals surface area contributed by atoms with Crippen LogP contribution in [0.5, 0.6) is 0 Å². The third-order valence-corrected chi connectivity index (χ3v) is 2.69. The Balaban J connectivity index is 2.77. The predicted octanol–water partition coefficient (Wildman–Crippen LogP) is 3.64. The molecule has 0 aromatic heterocycles. The first-order valence-electron chi connectivity index (χ1n) is 4.82. The Kier molecular flexibility index (Phi) is 4.56. The largest absolute Gasteiger partial charge is 0.481 e. The molecule has 0 bridgehead atoms. The Morgan fingerprint density at radius 1 is 1.41 bits per heavy atom. The molecule has 0 aliphatic carbocycles. The Morgan fingerprint density at radius 2 is 2.06 bits per heavy atom. The van der Waals surface area contributed by atoms with Crippen LogP contribution < -0.4 is 0 Å². The lowest BCUT2D eigenvalue weighted by atomic mass is 9.96. The van der Waals surface area contributed by atoms with Crippen LogP contribution in [0.1, 0.15) is 12.0 Å². The van der Waals surface area contributed by atoms with Gasteiger partial charge in [0.25, 0.3) is 0 Å². The number of benzene rings is 1. The van der Waals surface area contributed by atoms with Gasteiger partial charge in [-0.25, -0.2) is 0 Å². The molecular weight excluding hydrogens is 301 g/mol. The normalized spacial score (nSPS) is 13.4. The Morgan fingerprint density at radius 3 is 2.53 bits per heavy atom. The minimum atomic E-state index is -4.46. The topological polar surface area (TPSA) is 37.3 Å². The van der Waals surface area contributed by atoms with Crippen molar-refractivity contribution in [2.75, 3.05) is 0 Å².